The van der Waals surface area contributed by atoms with Crippen molar-refractivity contribution in [1.29, 1.82) is 0 Å². The van der Waals surface area contributed by atoms with Gasteiger partial charge >= 0.3 is 0 Å². The summed E-state index contributed by atoms with van der Waals surface area (Å²) in [6.45, 7) is 3.98. The van der Waals surface area contributed by atoms with Crippen molar-refractivity contribution in [2.45, 2.75) is 43.4 Å². The second-order valence-corrected chi connectivity index (χ2v) is 8.82. The van der Waals surface area contributed by atoms with E-state index in [1.54, 1.807) is 7.11 Å². The number of aromatic nitrogens is 1. The van der Waals surface area contributed by atoms with E-state index in [1.807, 2.05) is 25.4 Å². The highest BCUT2D eigenvalue weighted by molar-refractivity contribution is 14.0. The SMILES string of the molecule is CN=C(NCc1ccc(OCCOC)nc1)N1CCSC2(CCCCC2)C1.I. The van der Waals surface area contributed by atoms with Gasteiger partial charge in [0, 0.05) is 56.6 Å². The second-order valence-electron chi connectivity index (χ2n) is 7.26. The topological polar surface area (TPSA) is 59.0 Å². The van der Waals surface area contributed by atoms with Gasteiger partial charge in [0.15, 0.2) is 5.96 Å². The molecule has 3 rings (SSSR count). The predicted octanol–water partition coefficient (Wildman–Crippen LogP) is 3.55. The van der Waals surface area contributed by atoms with Crippen LogP contribution in [0.4, 0.5) is 0 Å². The smallest absolute Gasteiger partial charge is 0.213 e. The van der Waals surface area contributed by atoms with Crippen molar-refractivity contribution in [2.24, 2.45) is 4.99 Å². The Balaban J connectivity index is 0.00000280. The van der Waals surface area contributed by atoms with Gasteiger partial charge in [-0.2, -0.15) is 11.8 Å². The molecule has 0 bridgehead atoms. The summed E-state index contributed by atoms with van der Waals surface area (Å²) in [4.78, 5) is 11.3. The van der Waals surface area contributed by atoms with E-state index in [4.69, 9.17) is 9.47 Å². The molecule has 158 valence electrons. The Morgan fingerprint density at radius 3 is 2.79 bits per heavy atom. The van der Waals surface area contributed by atoms with Gasteiger partial charge in [0.1, 0.15) is 6.61 Å². The van der Waals surface area contributed by atoms with Crippen LogP contribution in [0.15, 0.2) is 23.3 Å². The molecular weight excluding hydrogens is 487 g/mol. The van der Waals surface area contributed by atoms with Crippen molar-refractivity contribution >= 4 is 41.7 Å². The molecule has 1 aromatic heterocycles. The van der Waals surface area contributed by atoms with Gasteiger partial charge in [-0.1, -0.05) is 25.3 Å². The lowest BCUT2D eigenvalue weighted by Crippen LogP contribution is -2.53. The Kier molecular flexibility index (Phi) is 10.1. The fourth-order valence-electron chi connectivity index (χ4n) is 3.87. The van der Waals surface area contributed by atoms with Crippen molar-refractivity contribution in [3.63, 3.8) is 0 Å². The first-order chi connectivity index (χ1) is 13.2. The third-order valence-corrected chi connectivity index (χ3v) is 6.85. The number of hydrogen-bond acceptors (Lipinski definition) is 5. The lowest BCUT2D eigenvalue weighted by atomic mass is 9.87. The number of nitrogens with one attached hydrogen (secondary N) is 1. The molecule has 2 fully saturated rings. The van der Waals surface area contributed by atoms with Crippen LogP contribution >= 0.6 is 35.7 Å². The van der Waals surface area contributed by atoms with Crippen LogP contribution in [0.2, 0.25) is 0 Å². The molecule has 0 radical (unpaired) electrons. The quantitative estimate of drug-likeness (QED) is 0.268. The van der Waals surface area contributed by atoms with E-state index < -0.39 is 0 Å². The molecule has 2 aliphatic rings. The van der Waals surface area contributed by atoms with E-state index in [0.717, 1.165) is 24.6 Å². The zero-order valence-corrected chi connectivity index (χ0v) is 20.1. The van der Waals surface area contributed by atoms with Crippen LogP contribution in [0, 0.1) is 0 Å². The Hall–Kier alpha value is -0.740. The molecule has 2 heterocycles. The lowest BCUT2D eigenvalue weighted by Gasteiger charge is -2.45. The zero-order valence-electron chi connectivity index (χ0n) is 17.0. The van der Waals surface area contributed by atoms with Crippen LogP contribution in [0.5, 0.6) is 5.88 Å². The summed E-state index contributed by atoms with van der Waals surface area (Å²) in [5, 5.41) is 3.52. The van der Waals surface area contributed by atoms with Gasteiger partial charge in [0.2, 0.25) is 5.88 Å². The number of guanidine groups is 1. The molecule has 28 heavy (non-hydrogen) atoms. The zero-order chi connectivity index (χ0) is 19.0. The molecule has 0 atom stereocenters. The number of nitrogens with zero attached hydrogens (tertiary/aromatic N) is 3. The summed E-state index contributed by atoms with van der Waals surface area (Å²) in [5.74, 6) is 2.82. The molecular formula is C20H33IN4O2S. The summed E-state index contributed by atoms with van der Waals surface area (Å²) < 4.78 is 10.9. The number of ether oxygens (including phenoxy) is 2. The van der Waals surface area contributed by atoms with Gasteiger partial charge in [-0.3, -0.25) is 4.99 Å². The minimum Gasteiger partial charge on any atom is -0.475 e. The number of thioether (sulfide) groups is 1. The minimum atomic E-state index is 0. The number of aliphatic imine (C=N–C) groups is 1. The summed E-state index contributed by atoms with van der Waals surface area (Å²) >= 11 is 2.18. The Morgan fingerprint density at radius 2 is 2.11 bits per heavy atom. The van der Waals surface area contributed by atoms with E-state index in [1.165, 1.54) is 37.9 Å². The third-order valence-electron chi connectivity index (χ3n) is 5.31. The van der Waals surface area contributed by atoms with Crippen molar-refractivity contribution < 1.29 is 9.47 Å². The molecule has 1 N–H and O–H groups in total. The Morgan fingerprint density at radius 1 is 1.29 bits per heavy atom. The Labute approximate surface area is 190 Å². The standard InChI is InChI=1S/C20H32N4O2S.HI/c1-21-19(24-10-13-27-20(16-24)8-4-3-5-9-20)23-15-17-6-7-18(22-14-17)26-12-11-25-2;/h6-7,14H,3-5,8-13,15-16H2,1-2H3,(H,21,23);1H. The monoisotopic (exact) mass is 520 g/mol. The molecule has 0 aromatic carbocycles. The average molecular weight is 520 g/mol. The summed E-state index contributed by atoms with van der Waals surface area (Å²) in [6.07, 6.45) is 8.69. The van der Waals surface area contributed by atoms with E-state index in [-0.39, 0.29) is 24.0 Å². The molecule has 6 nitrogen and oxygen atoms in total. The molecule has 1 saturated heterocycles. The third kappa shape index (κ3) is 6.66. The van der Waals surface area contributed by atoms with Crippen LogP contribution in [0.3, 0.4) is 0 Å². The van der Waals surface area contributed by atoms with Crippen molar-refractivity contribution in [2.75, 3.05) is 46.2 Å². The largest absolute Gasteiger partial charge is 0.475 e. The van der Waals surface area contributed by atoms with Crippen molar-refractivity contribution in [1.82, 2.24) is 15.2 Å². The van der Waals surface area contributed by atoms with Gasteiger partial charge in [-0.05, 0) is 18.4 Å². The number of methoxy groups -OCH3 is 1. The normalized spacial score (nSPS) is 19.2. The highest BCUT2D eigenvalue weighted by Crippen LogP contribution is 2.42. The van der Waals surface area contributed by atoms with E-state index in [9.17, 15) is 0 Å². The molecule has 8 heteroatoms. The summed E-state index contributed by atoms with van der Waals surface area (Å²) in [7, 11) is 3.54. The maximum Gasteiger partial charge on any atom is 0.213 e. The van der Waals surface area contributed by atoms with Gasteiger partial charge < -0.3 is 19.7 Å². The number of pyridine rings is 1. The van der Waals surface area contributed by atoms with Crippen LogP contribution < -0.4 is 10.1 Å². The summed E-state index contributed by atoms with van der Waals surface area (Å²) in [6, 6.07) is 3.95. The first-order valence-corrected chi connectivity index (χ1v) is 10.9. The van der Waals surface area contributed by atoms with Gasteiger partial charge in [-0.15, -0.1) is 24.0 Å². The first kappa shape index (κ1) is 23.5. The fraction of sp³-hybridized carbons (Fsp3) is 0.700. The van der Waals surface area contributed by atoms with E-state index >= 15 is 0 Å². The summed E-state index contributed by atoms with van der Waals surface area (Å²) in [5.41, 5.74) is 1.12. The maximum atomic E-state index is 5.52. The first-order valence-electron chi connectivity index (χ1n) is 9.91. The number of hydrogen-bond donors (Lipinski definition) is 1. The molecule has 1 saturated carbocycles. The molecule has 0 amide bonds. The predicted molar refractivity (Wildman–Crippen MR) is 127 cm³/mol. The Bertz CT molecular complexity index is 603. The van der Waals surface area contributed by atoms with Crippen molar-refractivity contribution in [3.8, 4) is 5.88 Å². The molecule has 1 aliphatic heterocycles. The van der Waals surface area contributed by atoms with E-state index in [2.05, 4.69) is 32.0 Å². The van der Waals surface area contributed by atoms with Crippen LogP contribution in [-0.2, 0) is 11.3 Å². The molecule has 1 spiro atoms. The van der Waals surface area contributed by atoms with Crippen LogP contribution in [-0.4, -0.2) is 66.8 Å². The molecule has 1 aliphatic carbocycles. The van der Waals surface area contributed by atoms with Crippen LogP contribution in [0.25, 0.3) is 0 Å². The number of halogens is 1. The van der Waals surface area contributed by atoms with Gasteiger partial charge in [0.05, 0.1) is 6.61 Å². The molecule has 1 aromatic rings. The molecule has 0 unspecified atom stereocenters. The van der Waals surface area contributed by atoms with Crippen LogP contribution in [0.1, 0.15) is 37.7 Å². The lowest BCUT2D eigenvalue weighted by molar-refractivity contribution is 0.143. The number of rotatable bonds is 6. The average Bonchev–Trinajstić information content (AvgIpc) is 2.70. The fourth-order valence-corrected chi connectivity index (χ4v) is 5.44. The minimum absolute atomic E-state index is 0. The van der Waals surface area contributed by atoms with Gasteiger partial charge in [-0.25, -0.2) is 4.98 Å². The highest BCUT2D eigenvalue weighted by Gasteiger charge is 2.38. The highest BCUT2D eigenvalue weighted by atomic mass is 127. The maximum absolute atomic E-state index is 5.52. The second kappa shape index (κ2) is 12.1. The van der Waals surface area contributed by atoms with Crippen molar-refractivity contribution in [3.05, 3.63) is 23.9 Å². The van der Waals surface area contributed by atoms with Gasteiger partial charge in [0.25, 0.3) is 0 Å². The van der Waals surface area contributed by atoms with E-state index in [0.29, 0.717) is 30.4 Å².